The molecule has 1 aromatic carbocycles. The number of nitrogens with zero attached hydrogens (tertiary/aromatic N) is 1. The van der Waals surface area contributed by atoms with Crippen LogP contribution < -0.4 is 5.73 Å². The first-order valence-corrected chi connectivity index (χ1v) is 5.15. The molecule has 0 saturated heterocycles. The highest BCUT2D eigenvalue weighted by Gasteiger charge is 2.23. The van der Waals surface area contributed by atoms with E-state index in [9.17, 15) is 9.90 Å². The Morgan fingerprint density at radius 3 is 2.47 bits per heavy atom. The summed E-state index contributed by atoms with van der Waals surface area (Å²) in [5, 5.41) is 13.0. The van der Waals surface area contributed by atoms with Crippen molar-refractivity contribution >= 4 is 11.8 Å². The first kappa shape index (κ1) is 13.0. The second kappa shape index (κ2) is 4.86. The van der Waals surface area contributed by atoms with E-state index in [0.717, 1.165) is 0 Å². The number of hydrogen-bond donors (Lipinski definition) is 2. The standard InChI is InChI=1S/C12H16N2O3/c1-12(2,3)11(16)17-14-10(13)8-6-4-5-7-9(8)15/h4-7,15H,1-3H3,(H2,13,14). The summed E-state index contributed by atoms with van der Waals surface area (Å²) < 4.78 is 0. The Kier molecular flexibility index (Phi) is 3.73. The van der Waals surface area contributed by atoms with Gasteiger partial charge in [-0.25, -0.2) is 4.79 Å². The van der Waals surface area contributed by atoms with Crippen molar-refractivity contribution in [2.45, 2.75) is 20.8 Å². The molecule has 5 nitrogen and oxygen atoms in total. The molecular weight excluding hydrogens is 220 g/mol. The third-order valence-electron chi connectivity index (χ3n) is 2.02. The van der Waals surface area contributed by atoms with E-state index in [0.29, 0.717) is 5.56 Å². The lowest BCUT2D eigenvalue weighted by atomic mass is 9.98. The monoisotopic (exact) mass is 236 g/mol. The van der Waals surface area contributed by atoms with Crippen molar-refractivity contribution in [3.05, 3.63) is 29.8 Å². The van der Waals surface area contributed by atoms with E-state index in [1.54, 1.807) is 39.0 Å². The highest BCUT2D eigenvalue weighted by Crippen LogP contribution is 2.17. The van der Waals surface area contributed by atoms with Gasteiger partial charge in [0.2, 0.25) is 0 Å². The normalized spacial score (nSPS) is 12.3. The molecule has 0 radical (unpaired) electrons. The van der Waals surface area contributed by atoms with Crippen LogP contribution >= 0.6 is 0 Å². The van der Waals surface area contributed by atoms with Gasteiger partial charge in [-0.3, -0.25) is 0 Å². The fourth-order valence-electron chi connectivity index (χ4n) is 0.967. The lowest BCUT2D eigenvalue weighted by Crippen LogP contribution is -2.23. The van der Waals surface area contributed by atoms with Gasteiger partial charge >= 0.3 is 5.97 Å². The number of carbonyl (C=O) groups is 1. The van der Waals surface area contributed by atoms with Gasteiger partial charge in [0.05, 0.1) is 11.0 Å². The Bertz CT molecular complexity index is 447. The first-order chi connectivity index (χ1) is 7.82. The summed E-state index contributed by atoms with van der Waals surface area (Å²) in [6.07, 6.45) is 0. The second-order valence-corrected chi connectivity index (χ2v) is 4.62. The maximum absolute atomic E-state index is 11.4. The molecule has 0 spiro atoms. The Morgan fingerprint density at radius 1 is 1.35 bits per heavy atom. The molecule has 17 heavy (non-hydrogen) atoms. The predicted molar refractivity (Wildman–Crippen MR) is 64.4 cm³/mol. The zero-order chi connectivity index (χ0) is 13.1. The van der Waals surface area contributed by atoms with Crippen LogP contribution in [0.2, 0.25) is 0 Å². The van der Waals surface area contributed by atoms with Crippen LogP contribution in [0.5, 0.6) is 5.75 Å². The van der Waals surface area contributed by atoms with Gasteiger partial charge in [-0.15, -0.1) is 0 Å². The number of phenols is 1. The number of amidine groups is 1. The number of rotatable bonds is 2. The fraction of sp³-hybridized carbons (Fsp3) is 0.333. The average molecular weight is 236 g/mol. The van der Waals surface area contributed by atoms with Gasteiger partial charge < -0.3 is 15.7 Å². The molecule has 0 amide bonds. The number of phenolic OH excluding ortho intramolecular Hbond substituents is 1. The van der Waals surface area contributed by atoms with Crippen molar-refractivity contribution in [3.63, 3.8) is 0 Å². The Labute approximate surface area is 99.9 Å². The van der Waals surface area contributed by atoms with Gasteiger partial charge in [0.15, 0.2) is 5.84 Å². The molecule has 0 heterocycles. The van der Waals surface area contributed by atoms with Crippen molar-refractivity contribution < 1.29 is 14.7 Å². The summed E-state index contributed by atoms with van der Waals surface area (Å²) in [6, 6.07) is 6.42. The minimum absolute atomic E-state index is 0.0134. The molecule has 0 unspecified atom stereocenters. The molecule has 0 fully saturated rings. The maximum atomic E-state index is 11.4. The molecule has 1 aromatic rings. The Morgan fingerprint density at radius 2 is 1.94 bits per heavy atom. The van der Waals surface area contributed by atoms with Crippen molar-refractivity contribution in [1.29, 1.82) is 0 Å². The van der Waals surface area contributed by atoms with E-state index >= 15 is 0 Å². The molecule has 0 aliphatic rings. The molecule has 92 valence electrons. The van der Waals surface area contributed by atoms with Crippen molar-refractivity contribution in [3.8, 4) is 5.75 Å². The summed E-state index contributed by atoms with van der Waals surface area (Å²) >= 11 is 0. The fourth-order valence-corrected chi connectivity index (χ4v) is 0.967. The van der Waals surface area contributed by atoms with Gasteiger partial charge in [0, 0.05) is 0 Å². The van der Waals surface area contributed by atoms with E-state index in [1.165, 1.54) is 6.07 Å². The summed E-state index contributed by atoms with van der Waals surface area (Å²) in [7, 11) is 0. The molecular formula is C12H16N2O3. The van der Waals surface area contributed by atoms with Crippen LogP contribution in [0.15, 0.2) is 29.4 Å². The van der Waals surface area contributed by atoms with Gasteiger partial charge in [-0.1, -0.05) is 17.3 Å². The Balaban J connectivity index is 2.82. The molecule has 0 aliphatic carbocycles. The minimum atomic E-state index is -0.650. The number of para-hydroxylation sites is 1. The van der Waals surface area contributed by atoms with Gasteiger partial charge in [-0.2, -0.15) is 0 Å². The molecule has 0 saturated carbocycles. The smallest absolute Gasteiger partial charge is 0.340 e. The topological polar surface area (TPSA) is 84.9 Å². The third-order valence-corrected chi connectivity index (χ3v) is 2.02. The maximum Gasteiger partial charge on any atom is 0.340 e. The quantitative estimate of drug-likeness (QED) is 0.353. The van der Waals surface area contributed by atoms with Crippen molar-refractivity contribution in [2.24, 2.45) is 16.3 Å². The van der Waals surface area contributed by atoms with Crippen LogP contribution in [-0.4, -0.2) is 16.9 Å². The van der Waals surface area contributed by atoms with E-state index in [-0.39, 0.29) is 11.6 Å². The number of hydrogen-bond acceptors (Lipinski definition) is 4. The number of carbonyl (C=O) groups excluding carboxylic acids is 1. The Hall–Kier alpha value is -2.04. The number of nitrogens with two attached hydrogens (primary N) is 1. The molecule has 0 bridgehead atoms. The molecule has 5 heteroatoms. The van der Waals surface area contributed by atoms with Crippen molar-refractivity contribution in [2.75, 3.05) is 0 Å². The average Bonchev–Trinajstić information content (AvgIpc) is 2.24. The summed E-state index contributed by atoms with van der Waals surface area (Å²) in [6.45, 7) is 5.13. The summed E-state index contributed by atoms with van der Waals surface area (Å²) in [4.78, 5) is 16.1. The van der Waals surface area contributed by atoms with E-state index in [4.69, 9.17) is 10.6 Å². The molecule has 0 atom stereocenters. The van der Waals surface area contributed by atoms with Crippen molar-refractivity contribution in [1.82, 2.24) is 0 Å². The highest BCUT2D eigenvalue weighted by molar-refractivity contribution is 5.99. The van der Waals surface area contributed by atoms with E-state index in [1.807, 2.05) is 0 Å². The summed E-state index contributed by atoms with van der Waals surface area (Å²) in [5.74, 6) is -0.544. The third kappa shape index (κ3) is 3.48. The van der Waals surface area contributed by atoms with Crippen LogP contribution in [0.4, 0.5) is 0 Å². The van der Waals surface area contributed by atoms with Gasteiger partial charge in [-0.05, 0) is 32.9 Å². The van der Waals surface area contributed by atoms with Crippen LogP contribution in [0.3, 0.4) is 0 Å². The number of aromatic hydroxyl groups is 1. The lowest BCUT2D eigenvalue weighted by molar-refractivity contribution is -0.152. The first-order valence-electron chi connectivity index (χ1n) is 5.15. The molecule has 0 aromatic heterocycles. The van der Waals surface area contributed by atoms with Gasteiger partial charge in [0.25, 0.3) is 0 Å². The van der Waals surface area contributed by atoms with Crippen LogP contribution in [-0.2, 0) is 9.63 Å². The lowest BCUT2D eigenvalue weighted by Gasteiger charge is -2.13. The molecule has 3 N–H and O–H groups in total. The van der Waals surface area contributed by atoms with E-state index in [2.05, 4.69) is 5.16 Å². The zero-order valence-electron chi connectivity index (χ0n) is 10.1. The molecule has 0 aliphatic heterocycles. The largest absolute Gasteiger partial charge is 0.507 e. The van der Waals surface area contributed by atoms with Crippen LogP contribution in [0, 0.1) is 5.41 Å². The number of benzene rings is 1. The highest BCUT2D eigenvalue weighted by atomic mass is 16.7. The summed E-state index contributed by atoms with van der Waals surface area (Å²) in [5.41, 5.74) is 5.28. The SMILES string of the molecule is CC(C)(C)C(=O)O/N=C(\N)c1ccccc1O. The van der Waals surface area contributed by atoms with Crippen LogP contribution in [0.25, 0.3) is 0 Å². The predicted octanol–water partition coefficient (Wildman–Crippen LogP) is 1.60. The van der Waals surface area contributed by atoms with Gasteiger partial charge in [0.1, 0.15) is 5.75 Å². The molecule has 1 rings (SSSR count). The zero-order valence-corrected chi connectivity index (χ0v) is 10.1. The minimum Gasteiger partial charge on any atom is -0.507 e. The van der Waals surface area contributed by atoms with Crippen LogP contribution in [0.1, 0.15) is 26.3 Å². The second-order valence-electron chi connectivity index (χ2n) is 4.62. The van der Waals surface area contributed by atoms with E-state index < -0.39 is 11.4 Å². The number of oxime groups is 1.